The van der Waals surface area contributed by atoms with Gasteiger partial charge in [-0.15, -0.1) is 11.3 Å². The number of thioether (sulfide) groups is 1. The molecule has 0 aliphatic rings. The lowest BCUT2D eigenvalue weighted by atomic mass is 10.1. The number of fused-ring (bicyclic) bond motifs is 1. The van der Waals surface area contributed by atoms with Gasteiger partial charge in [-0.1, -0.05) is 11.6 Å². The van der Waals surface area contributed by atoms with Crippen molar-refractivity contribution in [3.05, 3.63) is 45.4 Å². The van der Waals surface area contributed by atoms with Crippen LogP contribution in [0.1, 0.15) is 20.9 Å². The van der Waals surface area contributed by atoms with Crippen LogP contribution in [0.4, 0.5) is 8.78 Å². The summed E-state index contributed by atoms with van der Waals surface area (Å²) < 4.78 is 26.6. The number of carboxylic acid groups (broad SMARTS) is 1. The summed E-state index contributed by atoms with van der Waals surface area (Å²) in [4.78, 5) is 24.5. The number of phenolic OH excluding ortho intramolecular Hbond substituents is 1. The van der Waals surface area contributed by atoms with E-state index in [1.165, 1.54) is 28.8 Å². The minimum atomic E-state index is -2.59. The van der Waals surface area contributed by atoms with Crippen molar-refractivity contribution < 1.29 is 28.6 Å². The zero-order valence-electron chi connectivity index (χ0n) is 13.7. The van der Waals surface area contributed by atoms with E-state index in [2.05, 4.69) is 0 Å². The van der Waals surface area contributed by atoms with E-state index in [9.17, 15) is 28.6 Å². The second-order valence-electron chi connectivity index (χ2n) is 5.57. The number of rotatable bonds is 5. The zero-order valence-corrected chi connectivity index (χ0v) is 16.1. The standard InChI is InChI=1S/C17H12ClF2NO4S2/c1-7-8(6-12(23)24)14-9(2-3-10(22)15(14)18)21(7)16(25)11-4-5-13(26-11)27-17(19)20/h2-5,17,22H,6H2,1H3,(H,23,24). The van der Waals surface area contributed by atoms with Gasteiger partial charge in [-0.3, -0.25) is 14.2 Å². The van der Waals surface area contributed by atoms with Crippen LogP contribution >= 0.6 is 34.7 Å². The molecule has 0 bridgehead atoms. The highest BCUT2D eigenvalue weighted by Crippen LogP contribution is 2.39. The van der Waals surface area contributed by atoms with E-state index < -0.39 is 17.6 Å². The Morgan fingerprint density at radius 3 is 2.63 bits per heavy atom. The van der Waals surface area contributed by atoms with Crippen molar-refractivity contribution in [1.29, 1.82) is 0 Å². The van der Waals surface area contributed by atoms with Crippen LogP contribution in [0.15, 0.2) is 28.5 Å². The van der Waals surface area contributed by atoms with Gasteiger partial charge in [0.15, 0.2) is 0 Å². The third kappa shape index (κ3) is 3.67. The van der Waals surface area contributed by atoms with Crippen molar-refractivity contribution >= 4 is 57.5 Å². The van der Waals surface area contributed by atoms with Gasteiger partial charge < -0.3 is 10.2 Å². The molecule has 2 aromatic heterocycles. The monoisotopic (exact) mass is 431 g/mol. The number of alkyl halides is 2. The maximum atomic E-state index is 13.0. The molecule has 0 radical (unpaired) electrons. The molecule has 142 valence electrons. The van der Waals surface area contributed by atoms with Crippen molar-refractivity contribution in [2.24, 2.45) is 0 Å². The van der Waals surface area contributed by atoms with Gasteiger partial charge in [0.1, 0.15) is 5.75 Å². The lowest BCUT2D eigenvalue weighted by molar-refractivity contribution is -0.136. The molecule has 0 saturated carbocycles. The largest absolute Gasteiger partial charge is 0.506 e. The van der Waals surface area contributed by atoms with E-state index in [1.807, 2.05) is 0 Å². The predicted molar refractivity (Wildman–Crippen MR) is 101 cm³/mol. The number of hydrogen-bond donors (Lipinski definition) is 2. The molecule has 0 aliphatic heterocycles. The second-order valence-corrected chi connectivity index (χ2v) is 8.32. The average molecular weight is 432 g/mol. The van der Waals surface area contributed by atoms with E-state index in [0.717, 1.165) is 11.3 Å². The first-order valence-corrected chi connectivity index (χ1v) is 9.60. The Kier molecular flexibility index (Phi) is 5.45. The second kappa shape index (κ2) is 7.49. The molecule has 0 spiro atoms. The smallest absolute Gasteiger partial charge is 0.307 e. The molecule has 27 heavy (non-hydrogen) atoms. The molecular weight excluding hydrogens is 420 g/mol. The third-order valence-corrected chi connectivity index (χ3v) is 6.28. The molecule has 5 nitrogen and oxygen atoms in total. The van der Waals surface area contributed by atoms with Crippen molar-refractivity contribution in [1.82, 2.24) is 4.57 Å². The van der Waals surface area contributed by atoms with E-state index in [4.69, 9.17) is 11.6 Å². The van der Waals surface area contributed by atoms with Crippen LogP contribution < -0.4 is 0 Å². The fourth-order valence-corrected chi connectivity index (χ4v) is 4.79. The highest BCUT2D eigenvalue weighted by atomic mass is 35.5. The fourth-order valence-electron chi connectivity index (χ4n) is 2.85. The summed E-state index contributed by atoms with van der Waals surface area (Å²) in [7, 11) is 0. The molecule has 3 rings (SSSR count). The van der Waals surface area contributed by atoms with Crippen LogP contribution in [0.2, 0.25) is 5.02 Å². The number of benzene rings is 1. The molecular formula is C17H12ClF2NO4S2. The van der Waals surface area contributed by atoms with Gasteiger partial charge in [0.05, 0.1) is 26.0 Å². The topological polar surface area (TPSA) is 79.5 Å². The van der Waals surface area contributed by atoms with Gasteiger partial charge >= 0.3 is 5.97 Å². The molecule has 0 unspecified atom stereocenters. The SMILES string of the molecule is Cc1c(CC(=O)O)c2c(Cl)c(O)ccc2n1C(=O)c1ccc(SC(F)F)s1. The number of thiophene rings is 1. The van der Waals surface area contributed by atoms with Gasteiger partial charge in [-0.05, 0) is 48.5 Å². The van der Waals surface area contributed by atoms with Crippen LogP contribution in [-0.4, -0.2) is 32.4 Å². The van der Waals surface area contributed by atoms with Gasteiger partial charge in [0, 0.05) is 11.1 Å². The molecule has 0 aliphatic carbocycles. The molecule has 0 atom stereocenters. The van der Waals surface area contributed by atoms with Gasteiger partial charge in [-0.2, -0.15) is 8.78 Å². The van der Waals surface area contributed by atoms with Crippen molar-refractivity contribution in [2.75, 3.05) is 0 Å². The molecule has 0 saturated heterocycles. The van der Waals surface area contributed by atoms with E-state index in [-0.39, 0.29) is 27.5 Å². The number of phenols is 1. The Hall–Kier alpha value is -2.10. The summed E-state index contributed by atoms with van der Waals surface area (Å²) in [6, 6.07) is 5.66. The van der Waals surface area contributed by atoms with Crippen molar-refractivity contribution in [3.8, 4) is 5.75 Å². The van der Waals surface area contributed by atoms with Gasteiger partial charge in [-0.25, -0.2) is 0 Å². The summed E-state index contributed by atoms with van der Waals surface area (Å²) >= 11 is 7.44. The van der Waals surface area contributed by atoms with Gasteiger partial charge in [0.25, 0.3) is 11.7 Å². The number of nitrogens with zero attached hydrogens (tertiary/aromatic N) is 1. The maximum Gasteiger partial charge on any atom is 0.307 e. The highest BCUT2D eigenvalue weighted by Gasteiger charge is 2.25. The Morgan fingerprint density at radius 2 is 2.00 bits per heavy atom. The molecule has 10 heteroatoms. The van der Waals surface area contributed by atoms with Crippen LogP contribution in [-0.2, 0) is 11.2 Å². The van der Waals surface area contributed by atoms with E-state index in [1.54, 1.807) is 6.92 Å². The Morgan fingerprint density at radius 1 is 1.30 bits per heavy atom. The molecule has 3 aromatic rings. The molecule has 1 aromatic carbocycles. The number of carbonyl (C=O) groups is 2. The van der Waals surface area contributed by atoms with E-state index in [0.29, 0.717) is 32.7 Å². The minimum absolute atomic E-state index is 0.0430. The summed E-state index contributed by atoms with van der Waals surface area (Å²) in [5.74, 6) is -4.42. The molecule has 2 heterocycles. The summed E-state index contributed by atoms with van der Waals surface area (Å²) in [5, 5.41) is 19.3. The minimum Gasteiger partial charge on any atom is -0.506 e. The average Bonchev–Trinajstić information content (AvgIpc) is 3.13. The van der Waals surface area contributed by atoms with Gasteiger partial charge in [0.2, 0.25) is 0 Å². The first-order valence-electron chi connectivity index (χ1n) is 7.53. The lowest BCUT2D eigenvalue weighted by Gasteiger charge is -2.06. The number of carbonyl (C=O) groups excluding carboxylic acids is 1. The molecule has 0 fully saturated rings. The molecule has 0 amide bonds. The number of aliphatic carboxylic acids is 1. The summed E-state index contributed by atoms with van der Waals surface area (Å²) in [5.41, 5.74) is 1.01. The first-order chi connectivity index (χ1) is 12.7. The van der Waals surface area contributed by atoms with Crippen LogP contribution in [0.3, 0.4) is 0 Å². The van der Waals surface area contributed by atoms with Crippen LogP contribution in [0.5, 0.6) is 5.75 Å². The van der Waals surface area contributed by atoms with Crippen LogP contribution in [0.25, 0.3) is 10.9 Å². The number of hydrogen-bond acceptors (Lipinski definition) is 5. The van der Waals surface area contributed by atoms with Crippen molar-refractivity contribution in [2.45, 2.75) is 23.3 Å². The molecule has 2 N–H and O–H groups in total. The number of halogens is 3. The lowest BCUT2D eigenvalue weighted by Crippen LogP contribution is -2.12. The Balaban J connectivity index is 2.18. The number of aromatic hydroxyl groups is 1. The predicted octanol–water partition coefficient (Wildman–Crippen LogP) is 5.00. The number of carboxylic acids is 1. The van der Waals surface area contributed by atoms with E-state index >= 15 is 0 Å². The highest BCUT2D eigenvalue weighted by molar-refractivity contribution is 8.01. The Labute approximate surface area is 165 Å². The van der Waals surface area contributed by atoms with Crippen molar-refractivity contribution in [3.63, 3.8) is 0 Å². The first kappa shape index (κ1) is 19.7. The number of aromatic nitrogens is 1. The Bertz CT molecular complexity index is 1060. The zero-order chi connectivity index (χ0) is 19.9. The fraction of sp³-hybridized carbons (Fsp3) is 0.176. The normalized spacial score (nSPS) is 11.4. The maximum absolute atomic E-state index is 13.0. The summed E-state index contributed by atoms with van der Waals surface area (Å²) in [6.07, 6.45) is -0.386. The third-order valence-electron chi connectivity index (χ3n) is 3.94. The van der Waals surface area contributed by atoms with Crippen LogP contribution in [0, 0.1) is 6.92 Å². The summed E-state index contributed by atoms with van der Waals surface area (Å²) in [6.45, 7) is 1.58. The quantitative estimate of drug-likeness (QED) is 0.556.